The molecule has 9 heteroatoms. The van der Waals surface area contributed by atoms with E-state index in [1.165, 1.54) is 14.2 Å². The minimum atomic E-state index is -0.621. The summed E-state index contributed by atoms with van der Waals surface area (Å²) in [5.41, 5.74) is 0.153. The molecule has 1 amide bonds. The summed E-state index contributed by atoms with van der Waals surface area (Å²) in [5, 5.41) is 2.55. The van der Waals surface area contributed by atoms with Crippen LogP contribution < -0.4 is 14.8 Å². The van der Waals surface area contributed by atoms with Gasteiger partial charge in [-0.15, -0.1) is 0 Å². The minimum absolute atomic E-state index is 0.184. The first-order valence-electron chi connectivity index (χ1n) is 8.61. The second-order valence-electron chi connectivity index (χ2n) is 6.81. The van der Waals surface area contributed by atoms with E-state index in [4.69, 9.17) is 14.2 Å². The third kappa shape index (κ3) is 6.19. The van der Waals surface area contributed by atoms with Gasteiger partial charge in [-0.25, -0.2) is 0 Å². The highest BCUT2D eigenvalue weighted by molar-refractivity contribution is 5.96. The van der Waals surface area contributed by atoms with Crippen LogP contribution in [0, 0.1) is 0 Å². The van der Waals surface area contributed by atoms with Crippen molar-refractivity contribution < 1.29 is 23.8 Å². The third-order valence-corrected chi connectivity index (χ3v) is 3.42. The summed E-state index contributed by atoms with van der Waals surface area (Å²) in [6.07, 6.45) is 1.75. The van der Waals surface area contributed by atoms with Crippen LogP contribution in [0.5, 0.6) is 11.8 Å². The normalized spacial score (nSPS) is 10.9. The molecule has 0 bridgehead atoms. The van der Waals surface area contributed by atoms with E-state index in [0.29, 0.717) is 28.8 Å². The molecule has 0 spiro atoms. The second kappa shape index (κ2) is 9.12. The lowest BCUT2D eigenvalue weighted by atomic mass is 10.1. The molecule has 0 saturated heterocycles. The van der Waals surface area contributed by atoms with E-state index in [1.807, 2.05) is 0 Å². The molecule has 0 radical (unpaired) electrons. The Morgan fingerprint density at radius 3 is 2.32 bits per heavy atom. The van der Waals surface area contributed by atoms with Crippen molar-refractivity contribution >= 4 is 11.9 Å². The summed E-state index contributed by atoms with van der Waals surface area (Å²) < 4.78 is 15.5. The molecule has 0 saturated carbocycles. The first-order chi connectivity index (χ1) is 13.2. The lowest BCUT2D eigenvalue weighted by Crippen LogP contribution is -2.35. The number of pyridine rings is 1. The lowest BCUT2D eigenvalue weighted by Gasteiger charge is -2.19. The first kappa shape index (κ1) is 21.1. The van der Waals surface area contributed by atoms with E-state index in [1.54, 1.807) is 45.2 Å². The van der Waals surface area contributed by atoms with Gasteiger partial charge in [-0.2, -0.15) is 9.97 Å². The number of esters is 1. The topological polar surface area (TPSA) is 113 Å². The highest BCUT2D eigenvalue weighted by Gasteiger charge is 2.19. The fourth-order valence-corrected chi connectivity index (χ4v) is 2.30. The maximum atomic E-state index is 12.5. The number of rotatable bonds is 7. The van der Waals surface area contributed by atoms with Crippen LogP contribution in [0.1, 0.15) is 42.6 Å². The highest BCUT2D eigenvalue weighted by atomic mass is 16.6. The van der Waals surface area contributed by atoms with E-state index in [-0.39, 0.29) is 13.0 Å². The highest BCUT2D eigenvalue weighted by Crippen LogP contribution is 2.17. The number of nitrogens with zero attached hydrogens (tertiary/aromatic N) is 3. The zero-order valence-electron chi connectivity index (χ0n) is 16.6. The lowest BCUT2D eigenvalue weighted by molar-refractivity contribution is -0.153. The van der Waals surface area contributed by atoms with Gasteiger partial charge in [-0.3, -0.25) is 14.6 Å². The van der Waals surface area contributed by atoms with Crippen molar-refractivity contribution in [3.05, 3.63) is 41.5 Å². The largest absolute Gasteiger partial charge is 0.481 e. The Morgan fingerprint density at radius 1 is 1.11 bits per heavy atom. The number of methoxy groups -OCH3 is 2. The number of carbonyl (C=O) groups is 2. The van der Waals surface area contributed by atoms with Gasteiger partial charge in [-0.1, -0.05) is 0 Å². The van der Waals surface area contributed by atoms with Crippen LogP contribution in [0.4, 0.5) is 0 Å². The Balaban J connectivity index is 2.14. The number of amides is 1. The quantitative estimate of drug-likeness (QED) is 0.711. The van der Waals surface area contributed by atoms with Crippen LogP contribution in [-0.2, 0) is 16.0 Å². The summed E-state index contributed by atoms with van der Waals surface area (Å²) in [6.45, 7) is 5.03. The van der Waals surface area contributed by atoms with Crippen molar-refractivity contribution in [2.24, 2.45) is 0 Å². The van der Waals surface area contributed by atoms with E-state index >= 15 is 0 Å². The molecule has 28 heavy (non-hydrogen) atoms. The van der Waals surface area contributed by atoms with Crippen molar-refractivity contribution in [3.8, 4) is 11.8 Å². The monoisotopic (exact) mass is 388 g/mol. The molecule has 2 heterocycles. The summed E-state index contributed by atoms with van der Waals surface area (Å²) in [7, 11) is 2.98. The van der Waals surface area contributed by atoms with E-state index in [0.717, 1.165) is 0 Å². The summed E-state index contributed by atoms with van der Waals surface area (Å²) in [4.78, 5) is 37.1. The predicted octanol–water partition coefficient (Wildman–Crippen LogP) is 1.55. The molecule has 150 valence electrons. The van der Waals surface area contributed by atoms with Crippen molar-refractivity contribution in [1.82, 2.24) is 20.3 Å². The maximum absolute atomic E-state index is 12.5. The fourth-order valence-electron chi connectivity index (χ4n) is 2.30. The molecule has 1 N–H and O–H groups in total. The molecule has 0 fully saturated rings. The van der Waals surface area contributed by atoms with Crippen LogP contribution >= 0.6 is 0 Å². The van der Waals surface area contributed by atoms with Crippen molar-refractivity contribution in [1.29, 1.82) is 0 Å². The molecule has 9 nitrogen and oxygen atoms in total. The van der Waals surface area contributed by atoms with Crippen LogP contribution in [0.2, 0.25) is 0 Å². The second-order valence-corrected chi connectivity index (χ2v) is 6.81. The summed E-state index contributed by atoms with van der Waals surface area (Å²) >= 11 is 0. The molecule has 0 aromatic carbocycles. The predicted molar refractivity (Wildman–Crippen MR) is 100 cm³/mol. The Labute approximate surface area is 163 Å². The first-order valence-corrected chi connectivity index (χ1v) is 8.61. The van der Waals surface area contributed by atoms with Gasteiger partial charge in [-0.05, 0) is 32.9 Å². The molecule has 0 aliphatic carbocycles. The van der Waals surface area contributed by atoms with Gasteiger partial charge in [0.15, 0.2) is 0 Å². The third-order valence-electron chi connectivity index (χ3n) is 3.42. The van der Waals surface area contributed by atoms with E-state index in [9.17, 15) is 9.59 Å². The zero-order valence-corrected chi connectivity index (χ0v) is 16.6. The molecule has 0 aliphatic rings. The Hall–Kier alpha value is -3.23. The summed E-state index contributed by atoms with van der Waals surface area (Å²) in [6, 6.07) is 4.81. The molecule has 0 unspecified atom stereocenters. The Morgan fingerprint density at radius 2 is 1.75 bits per heavy atom. The van der Waals surface area contributed by atoms with Gasteiger partial charge in [0, 0.05) is 6.20 Å². The van der Waals surface area contributed by atoms with Gasteiger partial charge in [0.1, 0.15) is 18.0 Å². The van der Waals surface area contributed by atoms with Gasteiger partial charge < -0.3 is 19.5 Å². The molecule has 0 aliphatic heterocycles. The van der Waals surface area contributed by atoms with E-state index in [2.05, 4.69) is 20.3 Å². The van der Waals surface area contributed by atoms with Crippen molar-refractivity contribution in [2.75, 3.05) is 20.8 Å². The Bertz CT molecular complexity index is 826. The number of carbonyl (C=O) groups excluding carboxylic acids is 2. The smallest absolute Gasteiger partial charge is 0.325 e. The molecule has 2 aromatic heterocycles. The SMILES string of the molecule is COc1cc(OC)nc(Cc2ncccc2C(=O)NCC(=O)OC(C)(C)C)n1. The molecule has 2 aromatic rings. The Kier molecular flexibility index (Phi) is 6.86. The zero-order chi connectivity index (χ0) is 20.7. The van der Waals surface area contributed by atoms with Crippen LogP contribution in [-0.4, -0.2) is 53.2 Å². The molecule has 0 atom stereocenters. The molecular weight excluding hydrogens is 364 g/mol. The van der Waals surface area contributed by atoms with Crippen molar-refractivity contribution in [2.45, 2.75) is 32.8 Å². The number of hydrogen-bond acceptors (Lipinski definition) is 8. The van der Waals surface area contributed by atoms with E-state index < -0.39 is 17.5 Å². The number of ether oxygens (including phenoxy) is 3. The van der Waals surface area contributed by atoms with Crippen LogP contribution in [0.15, 0.2) is 24.4 Å². The number of nitrogens with one attached hydrogen (secondary N) is 1. The summed E-state index contributed by atoms with van der Waals surface area (Å²) in [5.74, 6) is 0.106. The van der Waals surface area contributed by atoms with Gasteiger partial charge in [0.25, 0.3) is 5.91 Å². The minimum Gasteiger partial charge on any atom is -0.481 e. The van der Waals surface area contributed by atoms with Gasteiger partial charge in [0.2, 0.25) is 11.8 Å². The number of hydrogen-bond donors (Lipinski definition) is 1. The standard InChI is InChI=1S/C19H24N4O5/c1-19(2,3)28-17(24)11-21-18(25)12-7-6-8-20-13(12)9-14-22-15(26-4)10-16(23-14)27-5/h6-8,10H,9,11H2,1-5H3,(H,21,25). The van der Waals surface area contributed by atoms with Crippen molar-refractivity contribution in [3.63, 3.8) is 0 Å². The van der Waals surface area contributed by atoms with Gasteiger partial charge in [0.05, 0.1) is 38.0 Å². The molecule has 2 rings (SSSR count). The van der Waals surface area contributed by atoms with Crippen LogP contribution in [0.3, 0.4) is 0 Å². The van der Waals surface area contributed by atoms with Gasteiger partial charge >= 0.3 is 5.97 Å². The average molecular weight is 388 g/mol. The molecular formula is C19H24N4O5. The fraction of sp³-hybridized carbons (Fsp3) is 0.421. The average Bonchev–Trinajstić information content (AvgIpc) is 2.64. The van der Waals surface area contributed by atoms with Crippen LogP contribution in [0.25, 0.3) is 0 Å². The number of aromatic nitrogens is 3. The maximum Gasteiger partial charge on any atom is 0.325 e.